The highest BCUT2D eigenvalue weighted by Gasteiger charge is 2.11. The Bertz CT molecular complexity index is 1180. The lowest BCUT2D eigenvalue weighted by molar-refractivity contribution is -0.147. The Labute approximate surface area is 209 Å². The predicted molar refractivity (Wildman–Crippen MR) is 135 cm³/mol. The Morgan fingerprint density at radius 3 is 2.14 bits per heavy atom. The van der Waals surface area contributed by atoms with Crippen molar-refractivity contribution in [1.29, 1.82) is 0 Å². The number of nitrogens with one attached hydrogen (secondary N) is 2. The first-order chi connectivity index (χ1) is 17.5. The van der Waals surface area contributed by atoms with E-state index >= 15 is 0 Å². The Hall–Kier alpha value is -4.53. The molecule has 0 heterocycles. The quantitative estimate of drug-likeness (QED) is 0.350. The van der Waals surface area contributed by atoms with Crippen LogP contribution < -0.4 is 24.8 Å². The number of anilines is 2. The number of carbonyl (C=O) groups is 3. The zero-order chi connectivity index (χ0) is 25.8. The molecule has 36 heavy (non-hydrogen) atoms. The molecule has 9 heteroatoms. The van der Waals surface area contributed by atoms with E-state index in [1.807, 2.05) is 12.1 Å². The number of para-hydroxylation sites is 2. The van der Waals surface area contributed by atoms with Gasteiger partial charge in [-0.2, -0.15) is 0 Å². The van der Waals surface area contributed by atoms with Crippen molar-refractivity contribution in [2.24, 2.45) is 0 Å². The minimum absolute atomic E-state index is 0.0194. The van der Waals surface area contributed by atoms with Gasteiger partial charge in [0.05, 0.1) is 14.2 Å². The van der Waals surface area contributed by atoms with Crippen molar-refractivity contribution in [3.05, 3.63) is 72.8 Å². The van der Waals surface area contributed by atoms with E-state index in [9.17, 15) is 14.4 Å². The van der Waals surface area contributed by atoms with Crippen LogP contribution in [0.2, 0.25) is 0 Å². The van der Waals surface area contributed by atoms with Gasteiger partial charge in [0.2, 0.25) is 5.91 Å². The smallest absolute Gasteiger partial charge is 0.306 e. The fraction of sp³-hybridized carbons (Fsp3) is 0.222. The molecular weight excluding hydrogens is 464 g/mol. The van der Waals surface area contributed by atoms with Crippen LogP contribution in [0.25, 0.3) is 0 Å². The topological polar surface area (TPSA) is 112 Å². The summed E-state index contributed by atoms with van der Waals surface area (Å²) in [4.78, 5) is 36.0. The second-order valence-electron chi connectivity index (χ2n) is 7.62. The third-order valence-electron chi connectivity index (χ3n) is 4.94. The minimum Gasteiger partial charge on any atom is -0.497 e. The molecule has 0 bridgehead atoms. The molecule has 0 aliphatic carbocycles. The van der Waals surface area contributed by atoms with Crippen molar-refractivity contribution in [3.63, 3.8) is 0 Å². The first kappa shape index (κ1) is 26.1. The first-order valence-electron chi connectivity index (χ1n) is 11.3. The van der Waals surface area contributed by atoms with Crippen molar-refractivity contribution in [2.45, 2.75) is 19.3 Å². The summed E-state index contributed by atoms with van der Waals surface area (Å²) in [6.45, 7) is -0.411. The summed E-state index contributed by atoms with van der Waals surface area (Å²) >= 11 is 0. The van der Waals surface area contributed by atoms with Crippen molar-refractivity contribution in [1.82, 2.24) is 0 Å². The predicted octanol–water partition coefficient (Wildman–Crippen LogP) is 4.79. The Balaban J connectivity index is 1.34. The van der Waals surface area contributed by atoms with Crippen LogP contribution in [0.15, 0.2) is 72.8 Å². The highest BCUT2D eigenvalue weighted by atomic mass is 16.5. The van der Waals surface area contributed by atoms with Crippen LogP contribution in [0, 0.1) is 0 Å². The lowest BCUT2D eigenvalue weighted by Crippen LogP contribution is -2.21. The fourth-order valence-corrected chi connectivity index (χ4v) is 3.17. The number of benzene rings is 3. The second kappa shape index (κ2) is 13.4. The maximum absolute atomic E-state index is 12.2. The van der Waals surface area contributed by atoms with Crippen LogP contribution in [0.4, 0.5) is 11.4 Å². The SMILES string of the molecule is COc1cccc(NC(=O)COC(=O)CCCC(=O)Nc2ccc(Oc3ccccc3OC)cc2)c1. The Kier molecular flexibility index (Phi) is 9.69. The number of carbonyl (C=O) groups excluding carboxylic acids is 3. The average Bonchev–Trinajstić information content (AvgIpc) is 2.89. The van der Waals surface area contributed by atoms with E-state index in [0.717, 1.165) is 0 Å². The molecule has 188 valence electrons. The maximum atomic E-state index is 12.2. The van der Waals surface area contributed by atoms with Gasteiger partial charge in [-0.15, -0.1) is 0 Å². The molecule has 2 amide bonds. The summed E-state index contributed by atoms with van der Waals surface area (Å²) in [5.41, 5.74) is 1.13. The van der Waals surface area contributed by atoms with Crippen molar-refractivity contribution in [3.8, 4) is 23.0 Å². The number of ether oxygens (including phenoxy) is 4. The highest BCUT2D eigenvalue weighted by molar-refractivity contribution is 5.93. The highest BCUT2D eigenvalue weighted by Crippen LogP contribution is 2.31. The molecule has 3 aromatic carbocycles. The lowest BCUT2D eigenvalue weighted by atomic mass is 10.2. The summed E-state index contributed by atoms with van der Waals surface area (Å²) in [5.74, 6) is 1.13. The summed E-state index contributed by atoms with van der Waals surface area (Å²) in [6, 6.07) is 21.0. The Morgan fingerprint density at radius 2 is 1.42 bits per heavy atom. The van der Waals surface area contributed by atoms with E-state index in [-0.39, 0.29) is 25.2 Å². The van der Waals surface area contributed by atoms with Gasteiger partial charge in [0.15, 0.2) is 18.1 Å². The molecule has 0 aromatic heterocycles. The van der Waals surface area contributed by atoms with Crippen molar-refractivity contribution in [2.75, 3.05) is 31.5 Å². The molecule has 0 fully saturated rings. The number of hydrogen-bond donors (Lipinski definition) is 2. The van der Waals surface area contributed by atoms with E-state index < -0.39 is 18.5 Å². The van der Waals surface area contributed by atoms with Gasteiger partial charge in [0.25, 0.3) is 5.91 Å². The molecule has 0 atom stereocenters. The molecule has 9 nitrogen and oxygen atoms in total. The van der Waals surface area contributed by atoms with Crippen LogP contribution in [-0.4, -0.2) is 38.6 Å². The van der Waals surface area contributed by atoms with Gasteiger partial charge in [-0.05, 0) is 55.0 Å². The summed E-state index contributed by atoms with van der Waals surface area (Å²) in [7, 11) is 3.10. The number of amides is 2. The zero-order valence-corrected chi connectivity index (χ0v) is 20.1. The lowest BCUT2D eigenvalue weighted by Gasteiger charge is -2.11. The second-order valence-corrected chi connectivity index (χ2v) is 7.62. The van der Waals surface area contributed by atoms with E-state index in [1.54, 1.807) is 67.8 Å². The number of esters is 1. The summed E-state index contributed by atoms with van der Waals surface area (Å²) < 4.78 is 21.1. The molecule has 0 saturated carbocycles. The molecular formula is C27H28N2O7. The first-order valence-corrected chi connectivity index (χ1v) is 11.3. The molecule has 2 N–H and O–H groups in total. The van der Waals surface area contributed by atoms with Gasteiger partial charge in [-0.1, -0.05) is 18.2 Å². The summed E-state index contributed by atoms with van der Waals surface area (Å²) in [5, 5.41) is 5.39. The van der Waals surface area contributed by atoms with E-state index in [2.05, 4.69) is 10.6 Å². The molecule has 0 aliphatic heterocycles. The number of methoxy groups -OCH3 is 2. The molecule has 0 spiro atoms. The normalized spacial score (nSPS) is 10.2. The summed E-state index contributed by atoms with van der Waals surface area (Å²) in [6.07, 6.45) is 0.438. The van der Waals surface area contributed by atoms with Crippen molar-refractivity contribution >= 4 is 29.2 Å². The number of rotatable bonds is 12. The van der Waals surface area contributed by atoms with E-state index in [4.69, 9.17) is 18.9 Å². The monoisotopic (exact) mass is 492 g/mol. The third kappa shape index (κ3) is 8.35. The van der Waals surface area contributed by atoms with Crippen LogP contribution in [0.1, 0.15) is 19.3 Å². The third-order valence-corrected chi connectivity index (χ3v) is 4.94. The van der Waals surface area contributed by atoms with Gasteiger partial charge in [-0.3, -0.25) is 14.4 Å². The van der Waals surface area contributed by atoms with Crippen LogP contribution in [0.3, 0.4) is 0 Å². The number of hydrogen-bond acceptors (Lipinski definition) is 7. The van der Waals surface area contributed by atoms with Gasteiger partial charge in [0, 0.05) is 30.3 Å². The van der Waals surface area contributed by atoms with Crippen molar-refractivity contribution < 1.29 is 33.3 Å². The van der Waals surface area contributed by atoms with Crippen LogP contribution in [-0.2, 0) is 19.1 Å². The van der Waals surface area contributed by atoms with Gasteiger partial charge in [0.1, 0.15) is 11.5 Å². The Morgan fingerprint density at radius 1 is 0.694 bits per heavy atom. The van der Waals surface area contributed by atoms with Gasteiger partial charge in [-0.25, -0.2) is 0 Å². The molecule has 0 aliphatic rings. The minimum atomic E-state index is -0.554. The molecule has 0 radical (unpaired) electrons. The van der Waals surface area contributed by atoms with Gasteiger partial charge < -0.3 is 29.6 Å². The standard InChI is InChI=1S/C27H28N2O7/c1-33-22-8-5-7-20(17-22)29-26(31)18-35-27(32)12-6-11-25(30)28-19-13-15-21(16-14-19)36-24-10-4-3-9-23(24)34-2/h3-5,7-10,13-17H,6,11-12,18H2,1-2H3,(H,28,30)(H,29,31). The van der Waals surface area contributed by atoms with Crippen LogP contribution >= 0.6 is 0 Å². The fourth-order valence-electron chi connectivity index (χ4n) is 3.17. The molecule has 3 rings (SSSR count). The molecule has 0 unspecified atom stereocenters. The van der Waals surface area contributed by atoms with E-state index in [1.165, 1.54) is 7.11 Å². The van der Waals surface area contributed by atoms with Gasteiger partial charge >= 0.3 is 5.97 Å². The maximum Gasteiger partial charge on any atom is 0.306 e. The largest absolute Gasteiger partial charge is 0.497 e. The van der Waals surface area contributed by atoms with E-state index in [0.29, 0.717) is 34.4 Å². The molecule has 0 saturated heterocycles. The zero-order valence-electron chi connectivity index (χ0n) is 20.1. The average molecular weight is 493 g/mol. The molecule has 3 aromatic rings. The van der Waals surface area contributed by atoms with Crippen LogP contribution in [0.5, 0.6) is 23.0 Å².